The van der Waals surface area contributed by atoms with Gasteiger partial charge < -0.3 is 14.7 Å². The van der Waals surface area contributed by atoms with Gasteiger partial charge >= 0.3 is 11.9 Å². The molecule has 0 saturated heterocycles. The number of hydrogen-bond donors (Lipinski definition) is 1. The van der Waals surface area contributed by atoms with E-state index in [4.69, 9.17) is 5.11 Å². The molecule has 0 aromatic rings. The molecule has 0 aromatic carbocycles. The van der Waals surface area contributed by atoms with E-state index >= 15 is 0 Å². The molecule has 0 heterocycles. The molecule has 0 aliphatic rings. The van der Waals surface area contributed by atoms with Crippen molar-refractivity contribution in [2.45, 2.75) is 25.8 Å². The van der Waals surface area contributed by atoms with Crippen LogP contribution < -0.4 is 0 Å². The number of carboxylic acids is 1. The van der Waals surface area contributed by atoms with Crippen molar-refractivity contribution in [3.8, 4) is 0 Å². The van der Waals surface area contributed by atoms with Gasteiger partial charge in [-0.25, -0.2) is 4.79 Å². The number of carboxylic acid groups (broad SMARTS) is 1. The zero-order chi connectivity index (χ0) is 12.2. The molecule has 0 unspecified atom stereocenters. The van der Waals surface area contributed by atoms with Crippen LogP contribution in [0.4, 0.5) is 0 Å². The lowest BCUT2D eigenvalue weighted by Gasteiger charge is -2.32. The molecule has 0 aromatic heterocycles. The number of methoxy groups -OCH3 is 1. The first-order valence-corrected chi connectivity index (χ1v) is 4.30. The Labute approximate surface area is 87.8 Å². The summed E-state index contributed by atoms with van der Waals surface area (Å²) in [6.45, 7) is 2.97. The minimum absolute atomic E-state index is 0.594. The molecule has 0 atom stereocenters. The number of esters is 1. The summed E-state index contributed by atoms with van der Waals surface area (Å²) in [6, 6.07) is 0. The molecule has 6 nitrogen and oxygen atoms in total. The van der Waals surface area contributed by atoms with E-state index in [-0.39, 0.29) is 0 Å². The maximum Gasteiger partial charge on any atom is 0.331 e. The lowest BCUT2D eigenvalue weighted by Crippen LogP contribution is -2.51. The highest BCUT2D eigenvalue weighted by Crippen LogP contribution is 2.15. The van der Waals surface area contributed by atoms with Crippen LogP contribution in [0.25, 0.3) is 0 Å². The first kappa shape index (κ1) is 13.4. The van der Waals surface area contributed by atoms with Gasteiger partial charge in [-0.1, -0.05) is 0 Å². The van der Waals surface area contributed by atoms with Crippen LogP contribution in [0.3, 0.4) is 0 Å². The number of ether oxygens (including phenoxy) is 1. The molecule has 15 heavy (non-hydrogen) atoms. The fourth-order valence-corrected chi connectivity index (χ4v) is 0.946. The maximum absolute atomic E-state index is 11.4. The van der Waals surface area contributed by atoms with Gasteiger partial charge in [0, 0.05) is 7.05 Å². The van der Waals surface area contributed by atoms with Crippen LogP contribution in [0.5, 0.6) is 0 Å². The Morgan fingerprint density at radius 2 is 1.80 bits per heavy atom. The quantitative estimate of drug-likeness (QED) is 0.524. The second-order valence-corrected chi connectivity index (χ2v) is 3.57. The van der Waals surface area contributed by atoms with Crippen LogP contribution in [0, 0.1) is 0 Å². The fraction of sp³-hybridized carbons (Fsp3) is 0.667. The Morgan fingerprint density at radius 1 is 1.33 bits per heavy atom. The monoisotopic (exact) mass is 217 g/mol. The van der Waals surface area contributed by atoms with Crippen LogP contribution in [-0.2, 0) is 19.1 Å². The van der Waals surface area contributed by atoms with Gasteiger partial charge in [0.2, 0.25) is 5.91 Å². The van der Waals surface area contributed by atoms with Crippen LogP contribution in [0.1, 0.15) is 20.3 Å². The second-order valence-electron chi connectivity index (χ2n) is 3.57. The third-order valence-electron chi connectivity index (χ3n) is 2.20. The Kier molecular flexibility index (Phi) is 4.26. The van der Waals surface area contributed by atoms with Crippen molar-refractivity contribution in [3.05, 3.63) is 0 Å². The number of likely N-dealkylation sites (N-methyl/N-ethyl adjacent to an activating group) is 1. The molecular weight excluding hydrogens is 202 g/mol. The van der Waals surface area contributed by atoms with Gasteiger partial charge in [0.05, 0.1) is 7.11 Å². The Balaban J connectivity index is 4.68. The van der Waals surface area contributed by atoms with Crippen LogP contribution in [0.2, 0.25) is 0 Å². The smallest absolute Gasteiger partial charge is 0.331 e. The molecule has 0 radical (unpaired) electrons. The zero-order valence-corrected chi connectivity index (χ0v) is 9.23. The van der Waals surface area contributed by atoms with E-state index in [9.17, 15) is 14.4 Å². The maximum atomic E-state index is 11.4. The van der Waals surface area contributed by atoms with Gasteiger partial charge in [0.15, 0.2) is 0 Å². The Bertz CT molecular complexity index is 284. The van der Waals surface area contributed by atoms with E-state index in [1.807, 2.05) is 0 Å². The summed E-state index contributed by atoms with van der Waals surface area (Å²) in [5, 5.41) is 8.43. The topological polar surface area (TPSA) is 83.9 Å². The number of amides is 1. The highest BCUT2D eigenvalue weighted by Gasteiger charge is 2.36. The standard InChI is InChI=1S/C9H15NO5/c1-9(2,8(14)15-4)10(3)6(11)5-7(12)13/h5H2,1-4H3,(H,12,13). The average molecular weight is 217 g/mol. The molecular formula is C9H15NO5. The summed E-state index contributed by atoms with van der Waals surface area (Å²) < 4.78 is 4.51. The molecule has 0 saturated carbocycles. The van der Waals surface area contributed by atoms with Crippen molar-refractivity contribution in [3.63, 3.8) is 0 Å². The van der Waals surface area contributed by atoms with E-state index in [0.29, 0.717) is 0 Å². The van der Waals surface area contributed by atoms with Gasteiger partial charge in [-0.15, -0.1) is 0 Å². The van der Waals surface area contributed by atoms with Crippen molar-refractivity contribution in [2.24, 2.45) is 0 Å². The summed E-state index contributed by atoms with van der Waals surface area (Å²) in [5.41, 5.74) is -1.17. The van der Waals surface area contributed by atoms with Gasteiger partial charge in [0.25, 0.3) is 0 Å². The first-order chi connectivity index (χ1) is 6.73. The van der Waals surface area contributed by atoms with Crippen LogP contribution in [-0.4, -0.2) is 47.5 Å². The summed E-state index contributed by atoms with van der Waals surface area (Å²) in [7, 11) is 2.57. The van der Waals surface area contributed by atoms with E-state index in [1.165, 1.54) is 28.0 Å². The van der Waals surface area contributed by atoms with Crippen LogP contribution >= 0.6 is 0 Å². The molecule has 0 rings (SSSR count). The summed E-state index contributed by atoms with van der Waals surface area (Å²) in [5.74, 6) is -2.46. The highest BCUT2D eigenvalue weighted by atomic mass is 16.5. The van der Waals surface area contributed by atoms with Crippen molar-refractivity contribution in [1.82, 2.24) is 4.90 Å². The number of carbonyl (C=O) groups excluding carboxylic acids is 2. The number of aliphatic carboxylic acids is 1. The van der Waals surface area contributed by atoms with Crippen molar-refractivity contribution in [2.75, 3.05) is 14.2 Å². The zero-order valence-electron chi connectivity index (χ0n) is 9.23. The normalized spacial score (nSPS) is 10.7. The van der Waals surface area contributed by atoms with Crippen LogP contribution in [0.15, 0.2) is 0 Å². The summed E-state index contributed by atoms with van der Waals surface area (Å²) in [6.07, 6.45) is -0.642. The number of nitrogens with zero attached hydrogens (tertiary/aromatic N) is 1. The molecule has 0 fully saturated rings. The third kappa shape index (κ3) is 3.23. The number of carbonyl (C=O) groups is 3. The first-order valence-electron chi connectivity index (χ1n) is 4.30. The Morgan fingerprint density at radius 3 is 2.13 bits per heavy atom. The fourth-order valence-electron chi connectivity index (χ4n) is 0.946. The average Bonchev–Trinajstić information content (AvgIpc) is 2.13. The van der Waals surface area contributed by atoms with Gasteiger partial charge in [-0.3, -0.25) is 9.59 Å². The van der Waals surface area contributed by atoms with Crippen molar-refractivity contribution >= 4 is 17.8 Å². The largest absolute Gasteiger partial charge is 0.481 e. The predicted molar refractivity (Wildman–Crippen MR) is 51.1 cm³/mol. The minimum Gasteiger partial charge on any atom is -0.481 e. The molecule has 0 spiro atoms. The summed E-state index contributed by atoms with van der Waals surface area (Å²) in [4.78, 5) is 34.0. The number of hydrogen-bond acceptors (Lipinski definition) is 4. The molecule has 86 valence electrons. The molecule has 0 bridgehead atoms. The third-order valence-corrected chi connectivity index (χ3v) is 2.20. The van der Waals surface area contributed by atoms with E-state index in [0.717, 1.165) is 4.90 Å². The lowest BCUT2D eigenvalue weighted by molar-refractivity contribution is -0.160. The van der Waals surface area contributed by atoms with E-state index in [2.05, 4.69) is 4.74 Å². The molecule has 6 heteroatoms. The molecule has 1 amide bonds. The second kappa shape index (κ2) is 4.77. The molecule has 0 aliphatic carbocycles. The van der Waals surface area contributed by atoms with Crippen molar-refractivity contribution in [1.29, 1.82) is 0 Å². The van der Waals surface area contributed by atoms with Gasteiger partial charge in [-0.2, -0.15) is 0 Å². The van der Waals surface area contributed by atoms with Gasteiger partial charge in [0.1, 0.15) is 12.0 Å². The Hall–Kier alpha value is -1.59. The summed E-state index contributed by atoms with van der Waals surface area (Å²) >= 11 is 0. The predicted octanol–water partition coefficient (Wildman–Crippen LogP) is -0.129. The number of rotatable bonds is 4. The minimum atomic E-state index is -1.23. The SMILES string of the molecule is COC(=O)C(C)(C)N(C)C(=O)CC(=O)O. The van der Waals surface area contributed by atoms with E-state index < -0.39 is 29.8 Å². The lowest BCUT2D eigenvalue weighted by atomic mass is 10.0. The highest BCUT2D eigenvalue weighted by molar-refractivity contribution is 5.96. The van der Waals surface area contributed by atoms with Gasteiger partial charge in [-0.05, 0) is 13.8 Å². The molecule has 0 aliphatic heterocycles. The van der Waals surface area contributed by atoms with Crippen molar-refractivity contribution < 1.29 is 24.2 Å². The van der Waals surface area contributed by atoms with E-state index in [1.54, 1.807) is 0 Å². The molecule has 1 N–H and O–H groups in total.